The van der Waals surface area contributed by atoms with Crippen LogP contribution in [0.4, 0.5) is 0 Å². The Morgan fingerprint density at radius 1 is 1.57 bits per heavy atom. The zero-order valence-electron chi connectivity index (χ0n) is 11.4. The van der Waals surface area contributed by atoms with Gasteiger partial charge in [0.1, 0.15) is 0 Å². The van der Waals surface area contributed by atoms with E-state index in [4.69, 9.17) is 10.9 Å². The van der Waals surface area contributed by atoms with Gasteiger partial charge in [0, 0.05) is 16.5 Å². The van der Waals surface area contributed by atoms with E-state index in [-0.39, 0.29) is 17.6 Å². The lowest BCUT2D eigenvalue weighted by molar-refractivity contribution is 0.318. The fourth-order valence-electron chi connectivity index (χ4n) is 2.15. The number of aromatic amines is 1. The first kappa shape index (κ1) is 13.7. The quantitative estimate of drug-likeness (QED) is 0.343. The molecular weight excluding hydrogens is 290 g/mol. The Bertz CT molecular complexity index is 760. The lowest BCUT2D eigenvalue weighted by Gasteiger charge is -2.11. The molecule has 1 saturated carbocycles. The molecule has 1 aliphatic rings. The van der Waals surface area contributed by atoms with Crippen molar-refractivity contribution in [1.82, 2.24) is 14.8 Å². The average molecular weight is 305 g/mol. The smallest absolute Gasteiger partial charge is 0.344 e. The fourth-order valence-corrected chi connectivity index (χ4v) is 3.27. The Morgan fingerprint density at radius 3 is 3.00 bits per heavy atom. The van der Waals surface area contributed by atoms with Crippen molar-refractivity contribution < 1.29 is 5.21 Å². The van der Waals surface area contributed by atoms with Crippen LogP contribution in [-0.4, -0.2) is 25.8 Å². The van der Waals surface area contributed by atoms with Gasteiger partial charge < -0.3 is 10.9 Å². The number of nitrogens with two attached hydrogens (primary N) is 1. The number of rotatable bonds is 4. The van der Waals surface area contributed by atoms with Crippen LogP contribution < -0.4 is 11.4 Å². The van der Waals surface area contributed by atoms with Crippen LogP contribution in [0.1, 0.15) is 30.0 Å². The summed E-state index contributed by atoms with van der Waals surface area (Å²) in [7, 11) is 0. The molecule has 0 radical (unpaired) electrons. The van der Waals surface area contributed by atoms with Gasteiger partial charge in [0.15, 0.2) is 11.0 Å². The summed E-state index contributed by atoms with van der Waals surface area (Å²) in [5.41, 5.74) is 7.13. The minimum atomic E-state index is -0.195. The van der Waals surface area contributed by atoms with Crippen LogP contribution in [0.2, 0.25) is 0 Å². The molecule has 1 fully saturated rings. The maximum atomic E-state index is 11.8. The maximum absolute atomic E-state index is 11.8. The topological polar surface area (TPSA) is 109 Å². The molecule has 4 N–H and O–H groups in total. The minimum Gasteiger partial charge on any atom is -0.409 e. The van der Waals surface area contributed by atoms with E-state index in [1.165, 1.54) is 11.8 Å². The zero-order chi connectivity index (χ0) is 15.0. The van der Waals surface area contributed by atoms with Gasteiger partial charge in [-0.05, 0) is 43.2 Å². The molecule has 7 nitrogen and oxygen atoms in total. The first-order chi connectivity index (χ1) is 10.1. The highest BCUT2D eigenvalue weighted by Gasteiger charge is 2.29. The van der Waals surface area contributed by atoms with Crippen molar-refractivity contribution in [2.75, 3.05) is 0 Å². The number of H-pyrrole nitrogens is 1. The second-order valence-corrected chi connectivity index (χ2v) is 5.93. The van der Waals surface area contributed by atoms with Crippen LogP contribution in [-0.2, 0) is 0 Å². The van der Waals surface area contributed by atoms with Crippen molar-refractivity contribution in [2.24, 2.45) is 10.9 Å². The Hall–Kier alpha value is -2.22. The first-order valence-corrected chi connectivity index (χ1v) is 7.35. The molecule has 2 aromatic rings. The third-order valence-corrected chi connectivity index (χ3v) is 4.59. The Morgan fingerprint density at radius 2 is 2.33 bits per heavy atom. The fraction of sp³-hybridized carbons (Fsp3) is 0.308. The summed E-state index contributed by atoms with van der Waals surface area (Å²) in [6.07, 6.45) is 1.99. The molecule has 0 spiro atoms. The van der Waals surface area contributed by atoms with E-state index in [0.29, 0.717) is 10.7 Å². The van der Waals surface area contributed by atoms with Gasteiger partial charge in [-0.15, -0.1) is 5.10 Å². The number of nitrogens with zero attached hydrogens (tertiary/aromatic N) is 3. The summed E-state index contributed by atoms with van der Waals surface area (Å²) in [5.74, 6) is 0.0389. The van der Waals surface area contributed by atoms with E-state index < -0.39 is 0 Å². The predicted molar refractivity (Wildman–Crippen MR) is 78.9 cm³/mol. The van der Waals surface area contributed by atoms with Crippen LogP contribution in [0.15, 0.2) is 38.2 Å². The number of oxime groups is 1. The summed E-state index contributed by atoms with van der Waals surface area (Å²) >= 11 is 1.35. The summed E-state index contributed by atoms with van der Waals surface area (Å²) in [6.45, 7) is 1.93. The maximum Gasteiger partial charge on any atom is 0.344 e. The van der Waals surface area contributed by atoms with E-state index in [9.17, 15) is 4.79 Å². The standard InChI is InChI=1S/C13H15N5O2S/c1-7-3-2-4-9(11(14)17-20)10(7)21-13-16-15-12(19)18(13)8-5-6-8/h2-4,8,20H,5-6H2,1H3,(H2,14,17)(H,15,19). The molecule has 110 valence electrons. The normalized spacial score (nSPS) is 15.4. The van der Waals surface area contributed by atoms with Crippen molar-refractivity contribution in [3.05, 3.63) is 39.8 Å². The van der Waals surface area contributed by atoms with Gasteiger partial charge in [0.25, 0.3) is 0 Å². The van der Waals surface area contributed by atoms with Gasteiger partial charge in [-0.25, -0.2) is 9.89 Å². The highest BCUT2D eigenvalue weighted by molar-refractivity contribution is 7.99. The van der Waals surface area contributed by atoms with E-state index in [0.717, 1.165) is 23.3 Å². The predicted octanol–water partition coefficient (Wildman–Crippen LogP) is 1.46. The molecule has 0 atom stereocenters. The van der Waals surface area contributed by atoms with Gasteiger partial charge >= 0.3 is 5.69 Å². The molecule has 0 saturated heterocycles. The molecule has 1 aromatic heterocycles. The van der Waals surface area contributed by atoms with Gasteiger partial charge in [-0.3, -0.25) is 4.57 Å². The Kier molecular flexibility index (Phi) is 3.46. The van der Waals surface area contributed by atoms with Crippen LogP contribution in [0.3, 0.4) is 0 Å². The lowest BCUT2D eigenvalue weighted by atomic mass is 10.1. The third-order valence-electron chi connectivity index (χ3n) is 3.37. The van der Waals surface area contributed by atoms with Crippen LogP contribution in [0, 0.1) is 6.92 Å². The molecule has 8 heteroatoms. The SMILES string of the molecule is Cc1cccc(/C(N)=N/O)c1Sc1n[nH]c(=O)n1C1CC1. The molecule has 3 rings (SSSR count). The van der Waals surface area contributed by atoms with Crippen molar-refractivity contribution >= 4 is 17.6 Å². The Balaban J connectivity index is 2.04. The van der Waals surface area contributed by atoms with E-state index in [1.54, 1.807) is 10.6 Å². The van der Waals surface area contributed by atoms with Crippen molar-refractivity contribution in [3.8, 4) is 0 Å². The molecule has 21 heavy (non-hydrogen) atoms. The summed E-state index contributed by atoms with van der Waals surface area (Å²) in [5, 5.41) is 19.1. The van der Waals surface area contributed by atoms with E-state index in [2.05, 4.69) is 15.4 Å². The number of aryl methyl sites for hydroxylation is 1. The Labute approximate surface area is 124 Å². The molecule has 0 bridgehead atoms. The second-order valence-electron chi connectivity index (χ2n) is 4.95. The first-order valence-electron chi connectivity index (χ1n) is 6.54. The lowest BCUT2D eigenvalue weighted by Crippen LogP contribution is -2.17. The number of amidine groups is 1. The van der Waals surface area contributed by atoms with Crippen LogP contribution in [0.25, 0.3) is 0 Å². The van der Waals surface area contributed by atoms with Crippen molar-refractivity contribution in [1.29, 1.82) is 0 Å². The summed E-state index contributed by atoms with van der Waals surface area (Å²) in [6, 6.07) is 5.78. The number of aromatic nitrogens is 3. The number of benzene rings is 1. The molecular formula is C13H15N5O2S. The second kappa shape index (κ2) is 5.28. The summed E-state index contributed by atoms with van der Waals surface area (Å²) in [4.78, 5) is 12.6. The number of nitrogens with one attached hydrogen (secondary N) is 1. The molecule has 0 amide bonds. The highest BCUT2D eigenvalue weighted by Crippen LogP contribution is 2.39. The number of hydrogen-bond acceptors (Lipinski definition) is 5. The molecule has 1 aromatic carbocycles. The zero-order valence-corrected chi connectivity index (χ0v) is 12.2. The third kappa shape index (κ3) is 2.54. The molecule has 1 heterocycles. The van der Waals surface area contributed by atoms with E-state index in [1.807, 2.05) is 19.1 Å². The monoisotopic (exact) mass is 305 g/mol. The van der Waals surface area contributed by atoms with Crippen LogP contribution in [0.5, 0.6) is 0 Å². The molecule has 0 unspecified atom stereocenters. The van der Waals surface area contributed by atoms with Crippen LogP contribution >= 0.6 is 11.8 Å². The van der Waals surface area contributed by atoms with Crippen molar-refractivity contribution in [2.45, 2.75) is 35.9 Å². The average Bonchev–Trinajstić information content (AvgIpc) is 3.24. The number of hydrogen-bond donors (Lipinski definition) is 3. The van der Waals surface area contributed by atoms with Crippen molar-refractivity contribution in [3.63, 3.8) is 0 Å². The summed E-state index contributed by atoms with van der Waals surface area (Å²) < 4.78 is 1.67. The molecule has 1 aliphatic carbocycles. The minimum absolute atomic E-state index is 0.0389. The van der Waals surface area contributed by atoms with Gasteiger partial charge in [0.05, 0.1) is 0 Å². The van der Waals surface area contributed by atoms with Gasteiger partial charge in [-0.2, -0.15) is 0 Å². The highest BCUT2D eigenvalue weighted by atomic mass is 32.2. The molecule has 0 aliphatic heterocycles. The van der Waals surface area contributed by atoms with E-state index >= 15 is 0 Å². The largest absolute Gasteiger partial charge is 0.409 e. The van der Waals surface area contributed by atoms with Gasteiger partial charge in [-0.1, -0.05) is 17.3 Å². The van der Waals surface area contributed by atoms with Gasteiger partial charge in [0.2, 0.25) is 0 Å².